The van der Waals surface area contributed by atoms with Gasteiger partial charge in [0.1, 0.15) is 0 Å². The van der Waals surface area contributed by atoms with E-state index >= 15 is 0 Å². The molecule has 0 aromatic heterocycles. The second kappa shape index (κ2) is 12.6. The van der Waals surface area contributed by atoms with E-state index in [4.69, 9.17) is 0 Å². The monoisotopic (exact) mass is 170 g/mol. The molecule has 2 aromatic rings. The average molecular weight is 170 g/mol. The number of rotatable bonds is 0. The van der Waals surface area contributed by atoms with Crippen molar-refractivity contribution < 1.29 is 0 Å². The Bertz CT molecular complexity index is 184. The summed E-state index contributed by atoms with van der Waals surface area (Å²) >= 11 is 0. The summed E-state index contributed by atoms with van der Waals surface area (Å²) in [4.78, 5) is 0. The fraction of sp³-hybridized carbons (Fsp3) is 0. The van der Waals surface area contributed by atoms with Crippen LogP contribution in [0.2, 0.25) is 0 Å². The van der Waals surface area contributed by atoms with E-state index in [1.54, 1.807) is 0 Å². The SMILES string of the molecule is [Li].[Li].c1ccccc1.c1ccccc1. The van der Waals surface area contributed by atoms with Crippen molar-refractivity contribution in [2.75, 3.05) is 0 Å². The van der Waals surface area contributed by atoms with Crippen molar-refractivity contribution in [2.24, 2.45) is 0 Å². The molecule has 2 radical (unpaired) electrons. The van der Waals surface area contributed by atoms with Crippen LogP contribution in [-0.2, 0) is 0 Å². The van der Waals surface area contributed by atoms with Crippen molar-refractivity contribution in [3.63, 3.8) is 0 Å². The predicted molar refractivity (Wildman–Crippen MR) is 64.4 cm³/mol. The van der Waals surface area contributed by atoms with Gasteiger partial charge in [0.15, 0.2) is 0 Å². The van der Waals surface area contributed by atoms with Crippen LogP contribution in [-0.4, -0.2) is 37.7 Å². The molecule has 0 amide bonds. The first-order valence-electron chi connectivity index (χ1n) is 4.00. The molecule has 0 nitrogen and oxygen atoms in total. The van der Waals surface area contributed by atoms with E-state index in [1.165, 1.54) is 0 Å². The minimum absolute atomic E-state index is 0. The molecular formula is C12H12Li2. The fourth-order valence-corrected chi connectivity index (χ4v) is 0.770. The summed E-state index contributed by atoms with van der Waals surface area (Å²) < 4.78 is 0. The zero-order valence-electron chi connectivity index (χ0n) is 8.93. The number of hydrogen-bond donors (Lipinski definition) is 0. The first-order valence-corrected chi connectivity index (χ1v) is 4.00. The van der Waals surface area contributed by atoms with Gasteiger partial charge in [-0.05, 0) is 0 Å². The van der Waals surface area contributed by atoms with Crippen LogP contribution in [0.25, 0.3) is 0 Å². The molecule has 0 fully saturated rings. The van der Waals surface area contributed by atoms with Crippen LogP contribution < -0.4 is 0 Å². The molecule has 0 spiro atoms. The topological polar surface area (TPSA) is 0 Å². The minimum atomic E-state index is 0. The molecule has 0 aliphatic rings. The molecule has 2 rings (SSSR count). The fourth-order valence-electron chi connectivity index (χ4n) is 0.770. The van der Waals surface area contributed by atoms with Crippen molar-refractivity contribution >= 4 is 37.7 Å². The van der Waals surface area contributed by atoms with E-state index in [9.17, 15) is 0 Å². The van der Waals surface area contributed by atoms with Gasteiger partial charge in [-0.1, -0.05) is 72.8 Å². The maximum absolute atomic E-state index is 2.00. The van der Waals surface area contributed by atoms with E-state index in [0.717, 1.165) is 0 Å². The summed E-state index contributed by atoms with van der Waals surface area (Å²) in [7, 11) is 0. The van der Waals surface area contributed by atoms with Crippen molar-refractivity contribution in [2.45, 2.75) is 0 Å². The molecule has 62 valence electrons. The molecule has 14 heavy (non-hydrogen) atoms. The van der Waals surface area contributed by atoms with Crippen molar-refractivity contribution in [3.05, 3.63) is 72.8 Å². The quantitative estimate of drug-likeness (QED) is 0.533. The predicted octanol–water partition coefficient (Wildman–Crippen LogP) is 2.61. The van der Waals surface area contributed by atoms with Gasteiger partial charge in [0.25, 0.3) is 0 Å². The van der Waals surface area contributed by atoms with Crippen LogP contribution in [0.3, 0.4) is 0 Å². The third-order valence-electron chi connectivity index (χ3n) is 1.33. The van der Waals surface area contributed by atoms with E-state index in [2.05, 4.69) is 0 Å². The van der Waals surface area contributed by atoms with Gasteiger partial charge >= 0.3 is 0 Å². The molecule has 0 aliphatic heterocycles. The normalized spacial score (nSPS) is 6.86. The van der Waals surface area contributed by atoms with Crippen LogP contribution in [0.1, 0.15) is 0 Å². The zero-order chi connectivity index (χ0) is 8.49. The summed E-state index contributed by atoms with van der Waals surface area (Å²) in [6.07, 6.45) is 0. The van der Waals surface area contributed by atoms with Crippen molar-refractivity contribution in [3.8, 4) is 0 Å². The Morgan fingerprint density at radius 3 is 0.357 bits per heavy atom. The van der Waals surface area contributed by atoms with E-state index in [-0.39, 0.29) is 37.7 Å². The second-order valence-electron chi connectivity index (χ2n) is 2.31. The number of hydrogen-bond acceptors (Lipinski definition) is 0. The maximum atomic E-state index is 2.00. The average Bonchev–Trinajstić information content (AvgIpc) is 2.24. The van der Waals surface area contributed by atoms with E-state index in [0.29, 0.717) is 0 Å². The zero-order valence-corrected chi connectivity index (χ0v) is 8.93. The van der Waals surface area contributed by atoms with Crippen LogP contribution in [0.15, 0.2) is 72.8 Å². The van der Waals surface area contributed by atoms with Crippen LogP contribution >= 0.6 is 0 Å². The largest absolute Gasteiger partial charge is 0.0623 e. The van der Waals surface area contributed by atoms with Gasteiger partial charge in [0.05, 0.1) is 0 Å². The summed E-state index contributed by atoms with van der Waals surface area (Å²) in [5.41, 5.74) is 0. The smallest absolute Gasteiger partial charge is 0 e. The van der Waals surface area contributed by atoms with Gasteiger partial charge in [-0.3, -0.25) is 0 Å². The van der Waals surface area contributed by atoms with Gasteiger partial charge in [-0.2, -0.15) is 0 Å². The molecule has 0 saturated heterocycles. The van der Waals surface area contributed by atoms with Crippen LogP contribution in [0.4, 0.5) is 0 Å². The van der Waals surface area contributed by atoms with Gasteiger partial charge < -0.3 is 0 Å². The Balaban J connectivity index is 0. The second-order valence-corrected chi connectivity index (χ2v) is 2.31. The third kappa shape index (κ3) is 9.72. The Morgan fingerprint density at radius 1 is 0.214 bits per heavy atom. The van der Waals surface area contributed by atoms with Gasteiger partial charge in [-0.25, -0.2) is 0 Å². The Hall–Kier alpha value is -0.365. The maximum Gasteiger partial charge on any atom is 0 e. The first kappa shape index (κ1) is 16.1. The molecule has 0 aliphatic carbocycles. The molecule has 2 heteroatoms. The number of benzene rings is 2. The van der Waals surface area contributed by atoms with Crippen molar-refractivity contribution in [1.82, 2.24) is 0 Å². The van der Waals surface area contributed by atoms with Gasteiger partial charge in [0.2, 0.25) is 0 Å². The molecule has 0 heterocycles. The Labute approximate surface area is 110 Å². The standard InChI is InChI=1S/2C6H6.2Li/c2*1-2-4-6-5-3-1;;/h2*1-6H;;. The summed E-state index contributed by atoms with van der Waals surface area (Å²) in [5.74, 6) is 0. The summed E-state index contributed by atoms with van der Waals surface area (Å²) in [5, 5.41) is 0. The Kier molecular flexibility index (Phi) is 14.5. The molecule has 0 unspecified atom stereocenters. The minimum Gasteiger partial charge on any atom is -0.0623 e. The summed E-state index contributed by atoms with van der Waals surface area (Å²) in [6, 6.07) is 24.0. The summed E-state index contributed by atoms with van der Waals surface area (Å²) in [6.45, 7) is 0. The van der Waals surface area contributed by atoms with E-state index in [1.807, 2.05) is 72.8 Å². The van der Waals surface area contributed by atoms with Crippen LogP contribution in [0, 0.1) is 0 Å². The molecule has 0 atom stereocenters. The molecular weight excluding hydrogens is 158 g/mol. The van der Waals surface area contributed by atoms with Gasteiger partial charge in [0, 0.05) is 37.7 Å². The van der Waals surface area contributed by atoms with Crippen molar-refractivity contribution in [1.29, 1.82) is 0 Å². The molecule has 0 bridgehead atoms. The molecule has 2 aromatic carbocycles. The first-order chi connectivity index (χ1) is 6.00. The van der Waals surface area contributed by atoms with E-state index < -0.39 is 0 Å². The molecule has 0 saturated carbocycles. The van der Waals surface area contributed by atoms with Crippen LogP contribution in [0.5, 0.6) is 0 Å². The third-order valence-corrected chi connectivity index (χ3v) is 1.33. The molecule has 0 N–H and O–H groups in total. The van der Waals surface area contributed by atoms with Gasteiger partial charge in [-0.15, -0.1) is 0 Å². The Morgan fingerprint density at radius 2 is 0.286 bits per heavy atom.